The van der Waals surface area contributed by atoms with Crippen LogP contribution in [0.1, 0.15) is 32.8 Å². The molecule has 2 amide bonds. The number of carbonyl (C=O) groups excluding carboxylic acids is 2. The highest BCUT2D eigenvalue weighted by atomic mass is 16.3. The van der Waals surface area contributed by atoms with Crippen LogP contribution >= 0.6 is 0 Å². The van der Waals surface area contributed by atoms with Gasteiger partial charge in [-0.2, -0.15) is 0 Å². The zero-order valence-corrected chi connectivity index (χ0v) is 20.7. The summed E-state index contributed by atoms with van der Waals surface area (Å²) in [4.78, 5) is 38.3. The number of hydrogen-bond donors (Lipinski definition) is 1. The first-order valence-electron chi connectivity index (χ1n) is 12.1. The van der Waals surface area contributed by atoms with Gasteiger partial charge in [-0.3, -0.25) is 9.59 Å². The zero-order valence-electron chi connectivity index (χ0n) is 20.7. The molecule has 1 N–H and O–H groups in total. The number of aromatic nitrogens is 2. The van der Waals surface area contributed by atoms with Crippen molar-refractivity contribution in [2.45, 2.75) is 27.2 Å². The van der Waals surface area contributed by atoms with E-state index in [0.29, 0.717) is 50.0 Å². The van der Waals surface area contributed by atoms with E-state index in [1.165, 1.54) is 0 Å². The van der Waals surface area contributed by atoms with Crippen molar-refractivity contribution in [3.63, 3.8) is 0 Å². The lowest BCUT2D eigenvalue weighted by Gasteiger charge is -2.34. The van der Waals surface area contributed by atoms with Gasteiger partial charge in [0.15, 0.2) is 5.76 Å². The fourth-order valence-corrected chi connectivity index (χ4v) is 4.68. The summed E-state index contributed by atoms with van der Waals surface area (Å²) < 4.78 is 5.95. The van der Waals surface area contributed by atoms with Gasteiger partial charge in [0.25, 0.3) is 5.91 Å². The van der Waals surface area contributed by atoms with Crippen molar-refractivity contribution in [1.29, 1.82) is 0 Å². The molecule has 8 heteroatoms. The lowest BCUT2D eigenvalue weighted by molar-refractivity contribution is -0.130. The van der Waals surface area contributed by atoms with Crippen molar-refractivity contribution in [2.24, 2.45) is 0 Å². The minimum Gasteiger partial charge on any atom is -0.450 e. The molecular weight excluding hydrogens is 454 g/mol. The summed E-state index contributed by atoms with van der Waals surface area (Å²) in [7, 11) is 0. The molecule has 0 atom stereocenters. The molecule has 36 heavy (non-hydrogen) atoms. The van der Waals surface area contributed by atoms with Gasteiger partial charge in [0.1, 0.15) is 5.58 Å². The van der Waals surface area contributed by atoms with Crippen molar-refractivity contribution in [1.82, 2.24) is 14.9 Å². The predicted molar refractivity (Wildman–Crippen MR) is 139 cm³/mol. The van der Waals surface area contributed by atoms with Crippen LogP contribution in [0.15, 0.2) is 59.3 Å². The fraction of sp³-hybridized carbons (Fsp3) is 0.286. The van der Waals surface area contributed by atoms with Gasteiger partial charge < -0.3 is 19.5 Å². The van der Waals surface area contributed by atoms with Gasteiger partial charge in [0.2, 0.25) is 11.9 Å². The molecule has 3 heterocycles. The van der Waals surface area contributed by atoms with Crippen LogP contribution in [-0.2, 0) is 11.2 Å². The standard InChI is InChI=1S/C28H29N5O3/c1-18-5-6-19(2)25-24(18)20(3)26(36-25)27(35)31-22-9-7-21(8-10-22)17-23(34)32-13-15-33(16-14-32)28-29-11-4-12-30-28/h4-12H,13-17H2,1-3H3,(H,31,35). The van der Waals surface area contributed by atoms with E-state index >= 15 is 0 Å². The van der Waals surface area contributed by atoms with Gasteiger partial charge >= 0.3 is 0 Å². The fourth-order valence-electron chi connectivity index (χ4n) is 4.68. The Morgan fingerprint density at radius 3 is 2.25 bits per heavy atom. The van der Waals surface area contributed by atoms with Crippen molar-refractivity contribution in [3.05, 3.63) is 82.9 Å². The number of anilines is 2. The molecule has 8 nitrogen and oxygen atoms in total. The Morgan fingerprint density at radius 2 is 1.58 bits per heavy atom. The lowest BCUT2D eigenvalue weighted by atomic mass is 10.0. The van der Waals surface area contributed by atoms with Crippen LogP contribution in [0.4, 0.5) is 11.6 Å². The molecule has 1 saturated heterocycles. The first-order chi connectivity index (χ1) is 17.4. The highest BCUT2D eigenvalue weighted by Gasteiger charge is 2.23. The van der Waals surface area contributed by atoms with Crippen LogP contribution in [0.3, 0.4) is 0 Å². The molecule has 0 unspecified atom stereocenters. The smallest absolute Gasteiger partial charge is 0.291 e. The molecule has 2 aromatic carbocycles. The Hall–Kier alpha value is -4.20. The number of furan rings is 1. The van der Waals surface area contributed by atoms with E-state index in [4.69, 9.17) is 4.42 Å². The maximum absolute atomic E-state index is 12.9. The summed E-state index contributed by atoms with van der Waals surface area (Å²) in [5.41, 5.74) is 5.23. The zero-order chi connectivity index (χ0) is 25.2. The molecule has 0 bridgehead atoms. The summed E-state index contributed by atoms with van der Waals surface area (Å²) in [6.07, 6.45) is 3.77. The van der Waals surface area contributed by atoms with E-state index in [9.17, 15) is 9.59 Å². The molecule has 4 aromatic rings. The van der Waals surface area contributed by atoms with Crippen LogP contribution in [0, 0.1) is 20.8 Å². The summed E-state index contributed by atoms with van der Waals surface area (Å²) >= 11 is 0. The average molecular weight is 484 g/mol. The number of fused-ring (bicyclic) bond motifs is 1. The number of nitrogens with zero attached hydrogens (tertiary/aromatic N) is 4. The second-order valence-corrected chi connectivity index (χ2v) is 9.20. The summed E-state index contributed by atoms with van der Waals surface area (Å²) in [6.45, 7) is 8.60. The monoisotopic (exact) mass is 483 g/mol. The third-order valence-corrected chi connectivity index (χ3v) is 6.72. The Kier molecular flexibility index (Phi) is 6.41. The third-order valence-electron chi connectivity index (χ3n) is 6.72. The van der Waals surface area contributed by atoms with E-state index in [-0.39, 0.29) is 11.8 Å². The molecule has 1 aliphatic rings. The lowest BCUT2D eigenvalue weighted by Crippen LogP contribution is -2.49. The van der Waals surface area contributed by atoms with Gasteiger partial charge in [0, 0.05) is 55.2 Å². The highest BCUT2D eigenvalue weighted by Crippen LogP contribution is 2.31. The third kappa shape index (κ3) is 4.66. The van der Waals surface area contributed by atoms with Crippen LogP contribution in [0.2, 0.25) is 0 Å². The highest BCUT2D eigenvalue weighted by molar-refractivity contribution is 6.07. The number of aryl methyl sites for hydroxylation is 3. The Labute approximate surface area is 209 Å². The Morgan fingerprint density at radius 1 is 0.917 bits per heavy atom. The maximum atomic E-state index is 12.9. The van der Waals surface area contributed by atoms with E-state index in [1.54, 1.807) is 18.5 Å². The van der Waals surface area contributed by atoms with Crippen molar-refractivity contribution >= 4 is 34.4 Å². The largest absolute Gasteiger partial charge is 0.450 e. The van der Waals surface area contributed by atoms with Gasteiger partial charge in [-0.05, 0) is 55.7 Å². The number of nitrogens with one attached hydrogen (secondary N) is 1. The molecule has 184 valence electrons. The first-order valence-corrected chi connectivity index (χ1v) is 12.1. The van der Waals surface area contributed by atoms with Crippen LogP contribution < -0.4 is 10.2 Å². The van der Waals surface area contributed by atoms with Crippen LogP contribution in [0.5, 0.6) is 0 Å². The van der Waals surface area contributed by atoms with Crippen molar-refractivity contribution < 1.29 is 14.0 Å². The minimum absolute atomic E-state index is 0.0871. The molecule has 2 aromatic heterocycles. The van der Waals surface area contributed by atoms with Gasteiger partial charge in [-0.25, -0.2) is 9.97 Å². The molecule has 0 saturated carbocycles. The molecule has 0 radical (unpaired) electrons. The number of hydrogen-bond acceptors (Lipinski definition) is 6. The molecule has 0 aliphatic carbocycles. The quantitative estimate of drug-likeness (QED) is 0.455. The number of benzene rings is 2. The number of carbonyl (C=O) groups is 2. The van der Waals surface area contributed by atoms with Crippen LogP contribution in [-0.4, -0.2) is 52.9 Å². The van der Waals surface area contributed by atoms with E-state index in [1.807, 2.05) is 62.1 Å². The number of piperazine rings is 1. The van der Waals surface area contributed by atoms with Gasteiger partial charge in [-0.15, -0.1) is 0 Å². The molecule has 1 aliphatic heterocycles. The van der Waals surface area contributed by atoms with Gasteiger partial charge in [-0.1, -0.05) is 24.3 Å². The maximum Gasteiger partial charge on any atom is 0.291 e. The molecule has 1 fully saturated rings. The van der Waals surface area contributed by atoms with Gasteiger partial charge in [0.05, 0.1) is 6.42 Å². The Balaban J connectivity index is 1.19. The van der Waals surface area contributed by atoms with Crippen molar-refractivity contribution in [3.8, 4) is 0 Å². The van der Waals surface area contributed by atoms with E-state index < -0.39 is 0 Å². The average Bonchev–Trinajstić information content (AvgIpc) is 3.26. The second kappa shape index (κ2) is 9.81. The summed E-state index contributed by atoms with van der Waals surface area (Å²) in [5, 5.41) is 3.91. The topological polar surface area (TPSA) is 91.6 Å². The Bertz CT molecular complexity index is 1400. The van der Waals surface area contributed by atoms with E-state index in [0.717, 1.165) is 33.2 Å². The molecule has 5 rings (SSSR count). The van der Waals surface area contributed by atoms with E-state index in [2.05, 4.69) is 20.2 Å². The second-order valence-electron chi connectivity index (χ2n) is 9.20. The van der Waals surface area contributed by atoms with Crippen LogP contribution in [0.25, 0.3) is 11.0 Å². The van der Waals surface area contributed by atoms with Crippen molar-refractivity contribution in [2.75, 3.05) is 36.4 Å². The summed E-state index contributed by atoms with van der Waals surface area (Å²) in [6, 6.07) is 13.2. The number of rotatable bonds is 5. The normalized spacial score (nSPS) is 13.8. The first kappa shape index (κ1) is 23.5. The molecule has 0 spiro atoms. The molecular formula is C28H29N5O3. The summed E-state index contributed by atoms with van der Waals surface area (Å²) in [5.74, 6) is 0.822. The predicted octanol–water partition coefficient (Wildman–Crippen LogP) is 4.29. The minimum atomic E-state index is -0.286. The number of amides is 2. The SMILES string of the molecule is Cc1ccc(C)c2c(C)c(C(=O)Nc3ccc(CC(=O)N4CCN(c5ncccn5)CC4)cc3)oc12.